The Bertz CT molecular complexity index is 935. The van der Waals surface area contributed by atoms with E-state index in [1.807, 2.05) is 7.11 Å². The molecule has 0 aliphatic heterocycles. The Hall–Kier alpha value is -2.28. The van der Waals surface area contributed by atoms with E-state index < -0.39 is 0 Å². The van der Waals surface area contributed by atoms with Gasteiger partial charge in [-0.3, -0.25) is 0 Å². The van der Waals surface area contributed by atoms with Crippen molar-refractivity contribution in [2.24, 2.45) is 5.92 Å². The van der Waals surface area contributed by atoms with Gasteiger partial charge in [0, 0.05) is 5.56 Å². The van der Waals surface area contributed by atoms with Crippen LogP contribution in [0.1, 0.15) is 69.1 Å². The molecule has 4 rings (SSSR count). The van der Waals surface area contributed by atoms with Gasteiger partial charge < -0.3 is 4.74 Å². The zero-order valence-corrected chi connectivity index (χ0v) is 18.3. The molecule has 2 aromatic carbocycles. The second-order valence-electron chi connectivity index (χ2n) is 9.09. The van der Waals surface area contributed by atoms with Crippen molar-refractivity contribution in [2.45, 2.75) is 64.2 Å². The molecule has 2 unspecified atom stereocenters. The molecule has 1 saturated carbocycles. The molecule has 0 spiro atoms. The fourth-order valence-electron chi connectivity index (χ4n) is 5.54. The third kappa shape index (κ3) is 3.80. The summed E-state index contributed by atoms with van der Waals surface area (Å²) >= 11 is 0. The molecule has 29 heavy (non-hydrogen) atoms. The molecule has 0 saturated heterocycles. The average molecular weight is 387 g/mol. The van der Waals surface area contributed by atoms with Gasteiger partial charge in [-0.1, -0.05) is 48.9 Å². The summed E-state index contributed by atoms with van der Waals surface area (Å²) in [6.07, 6.45) is 12.8. The van der Waals surface area contributed by atoms with E-state index in [1.165, 1.54) is 59.1 Å². The third-order valence-electron chi connectivity index (χ3n) is 7.33. The molecule has 2 aliphatic rings. The first kappa shape index (κ1) is 20.0. The lowest BCUT2D eigenvalue weighted by Crippen LogP contribution is -2.22. The number of hydrogen-bond donors (Lipinski definition) is 0. The molecule has 0 aromatic heterocycles. The SMILES string of the molecule is C=CCC1CCC(CC)(c2cc(-c3ccc4c(c3)CCC(C)=C4)ccc2OC)C1. The van der Waals surface area contributed by atoms with Crippen molar-refractivity contribution in [3.63, 3.8) is 0 Å². The van der Waals surface area contributed by atoms with E-state index in [9.17, 15) is 0 Å². The van der Waals surface area contributed by atoms with Crippen molar-refractivity contribution < 1.29 is 4.74 Å². The van der Waals surface area contributed by atoms with Crippen molar-refractivity contribution in [3.8, 4) is 16.9 Å². The van der Waals surface area contributed by atoms with Crippen LogP contribution in [0, 0.1) is 5.92 Å². The van der Waals surface area contributed by atoms with Gasteiger partial charge in [-0.25, -0.2) is 0 Å². The van der Waals surface area contributed by atoms with Gasteiger partial charge in [0.1, 0.15) is 5.75 Å². The summed E-state index contributed by atoms with van der Waals surface area (Å²) in [5.41, 5.74) is 8.62. The zero-order valence-electron chi connectivity index (χ0n) is 18.3. The molecular formula is C28H34O. The topological polar surface area (TPSA) is 9.23 Å². The lowest BCUT2D eigenvalue weighted by atomic mass is 9.74. The monoisotopic (exact) mass is 386 g/mol. The maximum Gasteiger partial charge on any atom is 0.122 e. The van der Waals surface area contributed by atoms with Crippen molar-refractivity contribution in [2.75, 3.05) is 7.11 Å². The Kier molecular flexibility index (Phi) is 5.67. The second-order valence-corrected chi connectivity index (χ2v) is 9.09. The summed E-state index contributed by atoms with van der Waals surface area (Å²) in [5, 5.41) is 0. The molecule has 0 N–H and O–H groups in total. The second kappa shape index (κ2) is 8.22. The van der Waals surface area contributed by atoms with Crippen LogP contribution in [0.15, 0.2) is 54.6 Å². The lowest BCUT2D eigenvalue weighted by molar-refractivity contribution is 0.359. The number of aryl methyl sites for hydroxylation is 1. The number of allylic oxidation sites excluding steroid dienone is 2. The molecule has 0 heterocycles. The van der Waals surface area contributed by atoms with Crippen LogP contribution in [-0.2, 0) is 11.8 Å². The Morgan fingerprint density at radius 3 is 2.69 bits per heavy atom. The number of methoxy groups -OCH3 is 1. The first-order valence-electron chi connectivity index (χ1n) is 11.2. The van der Waals surface area contributed by atoms with Crippen LogP contribution in [-0.4, -0.2) is 7.11 Å². The number of benzene rings is 2. The largest absolute Gasteiger partial charge is 0.496 e. The van der Waals surface area contributed by atoms with E-state index in [0.717, 1.165) is 30.9 Å². The van der Waals surface area contributed by atoms with Crippen molar-refractivity contribution in [1.82, 2.24) is 0 Å². The fraction of sp³-hybridized carbons (Fsp3) is 0.429. The average Bonchev–Trinajstić information content (AvgIpc) is 3.17. The summed E-state index contributed by atoms with van der Waals surface area (Å²) in [5.74, 6) is 1.80. The molecule has 0 radical (unpaired) electrons. The van der Waals surface area contributed by atoms with Gasteiger partial charge in [-0.2, -0.15) is 0 Å². The zero-order chi connectivity index (χ0) is 20.4. The standard InChI is InChI=1S/C28H34O/c1-5-7-21-14-15-28(6-2,19-21)26-18-25(12-13-27(26)29-4)24-11-10-22-16-20(3)8-9-23(22)17-24/h5,10-13,16-18,21H,1,6-9,14-15,19H2,2-4H3. The normalized spacial score (nSPS) is 23.4. The molecule has 0 amide bonds. The van der Waals surface area contributed by atoms with E-state index in [0.29, 0.717) is 0 Å². The molecule has 2 aromatic rings. The summed E-state index contributed by atoms with van der Waals surface area (Å²) in [6, 6.07) is 13.8. The third-order valence-corrected chi connectivity index (χ3v) is 7.33. The van der Waals surface area contributed by atoms with Crippen molar-refractivity contribution in [1.29, 1.82) is 0 Å². The molecular weight excluding hydrogens is 352 g/mol. The van der Waals surface area contributed by atoms with Crippen LogP contribution in [0.5, 0.6) is 5.75 Å². The van der Waals surface area contributed by atoms with Gasteiger partial charge in [0.25, 0.3) is 0 Å². The van der Waals surface area contributed by atoms with E-state index >= 15 is 0 Å². The van der Waals surface area contributed by atoms with E-state index in [-0.39, 0.29) is 5.41 Å². The van der Waals surface area contributed by atoms with Crippen molar-refractivity contribution in [3.05, 3.63) is 71.3 Å². The Labute approximate surface area is 176 Å². The number of fused-ring (bicyclic) bond motifs is 1. The summed E-state index contributed by atoms with van der Waals surface area (Å²) in [7, 11) is 1.81. The first-order chi connectivity index (χ1) is 14.1. The highest BCUT2D eigenvalue weighted by molar-refractivity contribution is 5.71. The van der Waals surface area contributed by atoms with Gasteiger partial charge in [0.15, 0.2) is 0 Å². The smallest absolute Gasteiger partial charge is 0.122 e. The number of hydrogen-bond acceptors (Lipinski definition) is 1. The first-order valence-corrected chi connectivity index (χ1v) is 11.2. The minimum atomic E-state index is 0.225. The van der Waals surface area contributed by atoms with Crippen LogP contribution < -0.4 is 4.74 Å². The Balaban J connectivity index is 1.74. The van der Waals surface area contributed by atoms with Gasteiger partial charge in [0.05, 0.1) is 7.11 Å². The summed E-state index contributed by atoms with van der Waals surface area (Å²) in [4.78, 5) is 0. The molecule has 0 bridgehead atoms. The van der Waals surface area contributed by atoms with Crippen molar-refractivity contribution >= 4 is 6.08 Å². The quantitative estimate of drug-likeness (QED) is 0.461. The highest BCUT2D eigenvalue weighted by atomic mass is 16.5. The van der Waals surface area contributed by atoms with E-state index in [4.69, 9.17) is 4.74 Å². The Morgan fingerprint density at radius 1 is 1.14 bits per heavy atom. The van der Waals surface area contributed by atoms with Gasteiger partial charge in [-0.05, 0) is 97.6 Å². The molecule has 2 atom stereocenters. The summed E-state index contributed by atoms with van der Waals surface area (Å²) < 4.78 is 5.85. The van der Waals surface area contributed by atoms with Gasteiger partial charge in [0.2, 0.25) is 0 Å². The molecule has 2 aliphatic carbocycles. The number of rotatable bonds is 6. The summed E-state index contributed by atoms with van der Waals surface area (Å²) in [6.45, 7) is 8.55. The van der Waals surface area contributed by atoms with Crippen LogP contribution in [0.25, 0.3) is 17.2 Å². The number of ether oxygens (including phenoxy) is 1. The fourth-order valence-corrected chi connectivity index (χ4v) is 5.54. The maximum atomic E-state index is 5.85. The van der Waals surface area contributed by atoms with Crippen LogP contribution in [0.3, 0.4) is 0 Å². The minimum Gasteiger partial charge on any atom is -0.496 e. The van der Waals surface area contributed by atoms with Crippen LogP contribution >= 0.6 is 0 Å². The van der Waals surface area contributed by atoms with Crippen LogP contribution in [0.4, 0.5) is 0 Å². The van der Waals surface area contributed by atoms with E-state index in [1.54, 1.807) is 0 Å². The molecule has 1 heteroatoms. The maximum absolute atomic E-state index is 5.85. The molecule has 1 nitrogen and oxygen atoms in total. The van der Waals surface area contributed by atoms with Gasteiger partial charge in [-0.15, -0.1) is 6.58 Å². The predicted molar refractivity (Wildman–Crippen MR) is 125 cm³/mol. The highest BCUT2D eigenvalue weighted by Crippen LogP contribution is 2.51. The molecule has 152 valence electrons. The Morgan fingerprint density at radius 2 is 1.93 bits per heavy atom. The minimum absolute atomic E-state index is 0.225. The van der Waals surface area contributed by atoms with Gasteiger partial charge >= 0.3 is 0 Å². The highest BCUT2D eigenvalue weighted by Gasteiger charge is 2.40. The molecule has 1 fully saturated rings. The lowest BCUT2D eigenvalue weighted by Gasteiger charge is -2.31. The van der Waals surface area contributed by atoms with E-state index in [2.05, 4.69) is 69.0 Å². The predicted octanol–water partition coefficient (Wildman–Crippen LogP) is 7.74. The van der Waals surface area contributed by atoms with Crippen LogP contribution in [0.2, 0.25) is 0 Å².